The molecule has 150 valence electrons. The molecule has 0 fully saturated rings. The molecule has 4 nitrogen and oxygen atoms in total. The molecule has 1 heterocycles. The maximum Gasteiger partial charge on any atom is 0.416 e. The fourth-order valence-electron chi connectivity index (χ4n) is 3.26. The minimum atomic E-state index is -4.39. The summed E-state index contributed by atoms with van der Waals surface area (Å²) in [7, 11) is 3.21. The van der Waals surface area contributed by atoms with Gasteiger partial charge in [0, 0.05) is 22.9 Å². The smallest absolute Gasteiger partial charge is 0.416 e. The summed E-state index contributed by atoms with van der Waals surface area (Å²) in [6, 6.07) is 13.2. The number of hydrogen-bond donors (Lipinski definition) is 1. The summed E-state index contributed by atoms with van der Waals surface area (Å²) in [5.74, 6) is 1.44. The summed E-state index contributed by atoms with van der Waals surface area (Å²) in [4.78, 5) is 4.30. The number of thiazole rings is 1. The van der Waals surface area contributed by atoms with Crippen molar-refractivity contribution in [3.63, 3.8) is 0 Å². The van der Waals surface area contributed by atoms with Crippen LogP contribution >= 0.6 is 11.3 Å². The molecule has 1 N–H and O–H groups in total. The first-order chi connectivity index (χ1) is 13.9. The van der Waals surface area contributed by atoms with E-state index >= 15 is 0 Å². The number of nitrogens with one attached hydrogen (secondary N) is 1. The lowest BCUT2D eigenvalue weighted by molar-refractivity contribution is -0.137. The first-order valence-electron chi connectivity index (χ1n) is 8.75. The van der Waals surface area contributed by atoms with Gasteiger partial charge in [-0.1, -0.05) is 35.6 Å². The molecule has 3 aromatic carbocycles. The third-order valence-corrected chi connectivity index (χ3v) is 5.60. The number of fused-ring (bicyclic) bond motifs is 2. The van der Waals surface area contributed by atoms with E-state index in [1.807, 2.05) is 30.3 Å². The number of methoxy groups -OCH3 is 2. The van der Waals surface area contributed by atoms with E-state index in [-0.39, 0.29) is 0 Å². The van der Waals surface area contributed by atoms with Crippen LogP contribution in [0.3, 0.4) is 0 Å². The van der Waals surface area contributed by atoms with Gasteiger partial charge in [-0.15, -0.1) is 0 Å². The number of nitrogens with zero attached hydrogens (tertiary/aromatic N) is 1. The fraction of sp³-hybridized carbons (Fsp3) is 0.190. The predicted octanol–water partition coefficient (Wildman–Crippen LogP) is 6.10. The molecule has 0 aliphatic carbocycles. The Labute approximate surface area is 168 Å². The highest BCUT2D eigenvalue weighted by atomic mass is 32.1. The van der Waals surface area contributed by atoms with Crippen molar-refractivity contribution in [1.29, 1.82) is 0 Å². The summed E-state index contributed by atoms with van der Waals surface area (Å²) in [5, 5.41) is 5.59. The molecule has 29 heavy (non-hydrogen) atoms. The lowest BCUT2D eigenvalue weighted by Gasteiger charge is -2.15. The molecule has 0 saturated carbocycles. The second-order valence-electron chi connectivity index (χ2n) is 6.37. The largest absolute Gasteiger partial charge is 0.496 e. The van der Waals surface area contributed by atoms with Crippen LogP contribution < -0.4 is 14.8 Å². The Bertz CT molecular complexity index is 1190. The van der Waals surface area contributed by atoms with Gasteiger partial charge >= 0.3 is 6.18 Å². The normalized spacial score (nSPS) is 11.8. The zero-order chi connectivity index (χ0) is 20.6. The molecular formula is C21H17F3N2O2S. The maximum atomic E-state index is 12.9. The number of ether oxygens (including phenoxy) is 2. The highest BCUT2D eigenvalue weighted by Crippen LogP contribution is 2.38. The van der Waals surface area contributed by atoms with E-state index in [1.165, 1.54) is 17.4 Å². The van der Waals surface area contributed by atoms with E-state index < -0.39 is 11.7 Å². The minimum Gasteiger partial charge on any atom is -0.496 e. The molecule has 0 amide bonds. The van der Waals surface area contributed by atoms with Gasteiger partial charge in [-0.25, -0.2) is 4.98 Å². The predicted molar refractivity (Wildman–Crippen MR) is 109 cm³/mol. The molecule has 1 aromatic heterocycles. The zero-order valence-corrected chi connectivity index (χ0v) is 16.4. The van der Waals surface area contributed by atoms with Gasteiger partial charge in [0.05, 0.1) is 30.0 Å². The minimum absolute atomic E-state index is 0.315. The van der Waals surface area contributed by atoms with Crippen LogP contribution in [0.2, 0.25) is 0 Å². The Morgan fingerprint density at radius 3 is 2.45 bits per heavy atom. The second-order valence-corrected chi connectivity index (χ2v) is 7.40. The highest BCUT2D eigenvalue weighted by Gasteiger charge is 2.30. The average Bonchev–Trinajstić information content (AvgIpc) is 3.12. The molecule has 0 saturated heterocycles. The van der Waals surface area contributed by atoms with Gasteiger partial charge in [0.25, 0.3) is 0 Å². The number of rotatable bonds is 5. The number of hydrogen-bond acceptors (Lipinski definition) is 5. The summed E-state index contributed by atoms with van der Waals surface area (Å²) < 4.78 is 50.5. The van der Waals surface area contributed by atoms with Gasteiger partial charge < -0.3 is 14.8 Å². The van der Waals surface area contributed by atoms with Crippen LogP contribution in [0.15, 0.2) is 48.5 Å². The van der Waals surface area contributed by atoms with E-state index in [4.69, 9.17) is 9.47 Å². The Morgan fingerprint density at radius 1 is 1.00 bits per heavy atom. The Balaban J connectivity index is 1.66. The Hall–Kier alpha value is -3.00. The van der Waals surface area contributed by atoms with Crippen LogP contribution in [0.5, 0.6) is 11.5 Å². The van der Waals surface area contributed by atoms with Gasteiger partial charge in [-0.05, 0) is 24.3 Å². The van der Waals surface area contributed by atoms with Crippen molar-refractivity contribution in [2.75, 3.05) is 19.5 Å². The van der Waals surface area contributed by atoms with Gasteiger partial charge in [0.1, 0.15) is 11.5 Å². The van der Waals surface area contributed by atoms with E-state index in [0.717, 1.165) is 40.0 Å². The van der Waals surface area contributed by atoms with Crippen molar-refractivity contribution in [1.82, 2.24) is 4.98 Å². The van der Waals surface area contributed by atoms with Crippen LogP contribution in [-0.4, -0.2) is 19.2 Å². The van der Waals surface area contributed by atoms with Crippen LogP contribution in [-0.2, 0) is 12.7 Å². The third-order valence-electron chi connectivity index (χ3n) is 4.60. The number of aromatic nitrogens is 1. The molecule has 4 rings (SSSR count). The molecule has 0 atom stereocenters. The first kappa shape index (κ1) is 19.3. The number of halogens is 3. The number of benzene rings is 3. The Morgan fingerprint density at radius 2 is 1.76 bits per heavy atom. The maximum absolute atomic E-state index is 12.9. The van der Waals surface area contributed by atoms with Crippen LogP contribution in [0.1, 0.15) is 11.1 Å². The summed E-state index contributed by atoms with van der Waals surface area (Å²) >= 11 is 1.30. The fourth-order valence-corrected chi connectivity index (χ4v) is 4.10. The Kier molecular flexibility index (Phi) is 4.96. The van der Waals surface area contributed by atoms with Crippen molar-refractivity contribution >= 4 is 37.5 Å². The standard InChI is InChI=1S/C21H17F3N2O2S/c1-27-17-9-12(19(28-2)15-6-4-3-5-14(15)17)11-25-20-26-16-10-13(21(22,23)24)7-8-18(16)29-20/h3-10H,11H2,1-2H3,(H,25,26). The quantitative estimate of drug-likeness (QED) is 0.425. The average molecular weight is 418 g/mol. The SMILES string of the molecule is COc1cc(CNc2nc3cc(C(F)(F)F)ccc3s2)c(OC)c2ccccc12. The summed E-state index contributed by atoms with van der Waals surface area (Å²) in [6.45, 7) is 0.385. The monoisotopic (exact) mass is 418 g/mol. The van der Waals surface area contributed by atoms with Crippen molar-refractivity contribution in [3.8, 4) is 11.5 Å². The first-order valence-corrected chi connectivity index (χ1v) is 9.56. The molecule has 0 bridgehead atoms. The van der Waals surface area contributed by atoms with Gasteiger partial charge in [-0.3, -0.25) is 0 Å². The topological polar surface area (TPSA) is 43.4 Å². The lowest BCUT2D eigenvalue weighted by Crippen LogP contribution is -2.04. The number of alkyl halides is 3. The molecular weight excluding hydrogens is 401 g/mol. The zero-order valence-electron chi connectivity index (χ0n) is 15.6. The highest BCUT2D eigenvalue weighted by molar-refractivity contribution is 7.22. The van der Waals surface area contributed by atoms with Crippen molar-refractivity contribution in [2.45, 2.75) is 12.7 Å². The van der Waals surface area contributed by atoms with Crippen LogP contribution in [0.25, 0.3) is 21.0 Å². The van der Waals surface area contributed by atoms with Crippen molar-refractivity contribution in [3.05, 3.63) is 59.7 Å². The number of anilines is 1. The lowest BCUT2D eigenvalue weighted by atomic mass is 10.0. The molecule has 0 spiro atoms. The van der Waals surface area contributed by atoms with E-state index in [1.54, 1.807) is 14.2 Å². The third kappa shape index (κ3) is 3.67. The van der Waals surface area contributed by atoms with E-state index in [9.17, 15) is 13.2 Å². The second kappa shape index (κ2) is 7.44. The molecule has 0 unspecified atom stereocenters. The molecule has 8 heteroatoms. The molecule has 0 aliphatic rings. The van der Waals surface area contributed by atoms with Crippen LogP contribution in [0, 0.1) is 0 Å². The van der Waals surface area contributed by atoms with Gasteiger partial charge in [0.2, 0.25) is 0 Å². The van der Waals surface area contributed by atoms with Crippen molar-refractivity contribution in [2.24, 2.45) is 0 Å². The van der Waals surface area contributed by atoms with Crippen LogP contribution in [0.4, 0.5) is 18.3 Å². The van der Waals surface area contributed by atoms with Crippen molar-refractivity contribution < 1.29 is 22.6 Å². The molecule has 0 aliphatic heterocycles. The van der Waals surface area contributed by atoms with E-state index in [2.05, 4.69) is 10.3 Å². The summed E-state index contributed by atoms with van der Waals surface area (Å²) in [6.07, 6.45) is -4.39. The van der Waals surface area contributed by atoms with E-state index in [0.29, 0.717) is 21.9 Å². The molecule has 0 radical (unpaired) electrons. The van der Waals surface area contributed by atoms with Gasteiger partial charge in [-0.2, -0.15) is 13.2 Å². The van der Waals surface area contributed by atoms with Gasteiger partial charge in [0.15, 0.2) is 5.13 Å². The summed E-state index contributed by atoms with van der Waals surface area (Å²) in [5.41, 5.74) is 0.469. The molecule has 4 aromatic rings.